The molecule has 7 nitrogen and oxygen atoms in total. The Morgan fingerprint density at radius 1 is 1.28 bits per heavy atom. The number of rotatable bonds is 5. The van der Waals surface area contributed by atoms with E-state index in [-0.39, 0.29) is 30.2 Å². The molecule has 1 aliphatic rings. The number of aromatic nitrogens is 1. The molecule has 4 rings (SSSR count). The molecule has 0 saturated carbocycles. The second kappa shape index (κ2) is 7.58. The van der Waals surface area contributed by atoms with Gasteiger partial charge in [-0.05, 0) is 30.3 Å². The fourth-order valence-electron chi connectivity index (χ4n) is 3.43. The van der Waals surface area contributed by atoms with Crippen molar-refractivity contribution in [2.24, 2.45) is 0 Å². The Bertz CT molecular complexity index is 1070. The van der Waals surface area contributed by atoms with E-state index in [4.69, 9.17) is 9.15 Å². The van der Waals surface area contributed by atoms with Crippen molar-refractivity contribution in [3.05, 3.63) is 53.9 Å². The molecule has 29 heavy (non-hydrogen) atoms. The number of ether oxygens (including phenoxy) is 1. The largest absolute Gasteiger partial charge is 0.497 e. The van der Waals surface area contributed by atoms with Gasteiger partial charge in [0.1, 0.15) is 11.3 Å². The summed E-state index contributed by atoms with van der Waals surface area (Å²) in [6, 6.07) is 12.3. The van der Waals surface area contributed by atoms with Gasteiger partial charge in [-0.25, -0.2) is 4.98 Å². The highest BCUT2D eigenvalue weighted by Gasteiger charge is 2.32. The van der Waals surface area contributed by atoms with Crippen LogP contribution in [0.25, 0.3) is 11.1 Å². The molecule has 0 radical (unpaired) electrons. The van der Waals surface area contributed by atoms with E-state index in [1.807, 2.05) is 38.1 Å². The Kier molecular flexibility index (Phi) is 4.96. The van der Waals surface area contributed by atoms with Gasteiger partial charge in [-0.2, -0.15) is 0 Å². The summed E-state index contributed by atoms with van der Waals surface area (Å²) < 4.78 is 10.9. The maximum Gasteiger partial charge on any atom is 0.251 e. The molecule has 150 valence electrons. The number of oxazole rings is 1. The average molecular weight is 393 g/mol. The van der Waals surface area contributed by atoms with Gasteiger partial charge in [-0.3, -0.25) is 9.59 Å². The smallest absolute Gasteiger partial charge is 0.251 e. The highest BCUT2D eigenvalue weighted by Crippen LogP contribution is 2.26. The van der Waals surface area contributed by atoms with Crippen molar-refractivity contribution in [3.63, 3.8) is 0 Å². The van der Waals surface area contributed by atoms with Crippen LogP contribution < -0.4 is 15.0 Å². The molecule has 0 bridgehead atoms. The Labute approximate surface area is 168 Å². The van der Waals surface area contributed by atoms with Crippen LogP contribution in [0.5, 0.6) is 5.75 Å². The summed E-state index contributed by atoms with van der Waals surface area (Å²) in [6.45, 7) is 4.43. The third-order valence-electron chi connectivity index (χ3n) is 4.99. The molecule has 1 saturated heterocycles. The molecule has 2 aromatic carbocycles. The van der Waals surface area contributed by atoms with E-state index in [1.165, 1.54) is 0 Å². The second-order valence-electron chi connectivity index (χ2n) is 7.47. The Morgan fingerprint density at radius 2 is 2.10 bits per heavy atom. The van der Waals surface area contributed by atoms with Crippen LogP contribution in [0.1, 0.15) is 42.4 Å². The van der Waals surface area contributed by atoms with Crippen molar-refractivity contribution < 1.29 is 18.7 Å². The molecule has 0 unspecified atom stereocenters. The molecule has 0 aliphatic carbocycles. The van der Waals surface area contributed by atoms with Gasteiger partial charge in [0.05, 0.1) is 13.2 Å². The van der Waals surface area contributed by atoms with E-state index in [2.05, 4.69) is 10.3 Å². The lowest BCUT2D eigenvalue weighted by molar-refractivity contribution is -0.117. The normalized spacial score (nSPS) is 16.6. The second-order valence-corrected chi connectivity index (χ2v) is 7.47. The van der Waals surface area contributed by atoms with E-state index < -0.39 is 0 Å². The Morgan fingerprint density at radius 3 is 2.86 bits per heavy atom. The first kappa shape index (κ1) is 19.0. The zero-order valence-electron chi connectivity index (χ0n) is 16.6. The number of nitrogens with zero attached hydrogens (tertiary/aromatic N) is 2. The number of carbonyl (C=O) groups excluding carboxylic acids is 2. The summed E-state index contributed by atoms with van der Waals surface area (Å²) >= 11 is 0. The van der Waals surface area contributed by atoms with Crippen LogP contribution >= 0.6 is 0 Å². The summed E-state index contributed by atoms with van der Waals surface area (Å²) in [5.74, 6) is 1.24. The van der Waals surface area contributed by atoms with E-state index in [0.717, 1.165) is 5.69 Å². The number of hydrogen-bond donors (Lipinski definition) is 1. The minimum absolute atomic E-state index is 0.0305. The molecule has 1 atom stereocenters. The monoisotopic (exact) mass is 393 g/mol. The Hall–Kier alpha value is -3.35. The van der Waals surface area contributed by atoms with Crippen LogP contribution in [0, 0.1) is 0 Å². The molecule has 2 amide bonds. The highest BCUT2D eigenvalue weighted by molar-refractivity contribution is 6.00. The van der Waals surface area contributed by atoms with E-state index in [0.29, 0.717) is 34.8 Å². The number of methoxy groups -OCH3 is 1. The summed E-state index contributed by atoms with van der Waals surface area (Å²) in [5, 5.41) is 2.96. The zero-order chi connectivity index (χ0) is 20.5. The van der Waals surface area contributed by atoms with Gasteiger partial charge < -0.3 is 19.4 Å². The number of fused-ring (bicyclic) bond motifs is 1. The molecule has 0 spiro atoms. The zero-order valence-corrected chi connectivity index (χ0v) is 16.6. The third-order valence-corrected chi connectivity index (χ3v) is 4.99. The molecule has 2 heterocycles. The molecule has 1 aromatic heterocycles. The average Bonchev–Trinajstić information content (AvgIpc) is 3.30. The lowest BCUT2D eigenvalue weighted by atomic mass is 10.1. The topological polar surface area (TPSA) is 84.7 Å². The number of nitrogens with one attached hydrogen (secondary N) is 1. The summed E-state index contributed by atoms with van der Waals surface area (Å²) in [5.41, 5.74) is 2.57. The van der Waals surface area contributed by atoms with Gasteiger partial charge in [0.25, 0.3) is 5.91 Å². The van der Waals surface area contributed by atoms with Crippen molar-refractivity contribution in [3.8, 4) is 5.75 Å². The molecule has 1 aliphatic heterocycles. The number of amides is 2. The summed E-state index contributed by atoms with van der Waals surface area (Å²) in [7, 11) is 1.59. The lowest BCUT2D eigenvalue weighted by Gasteiger charge is -2.18. The summed E-state index contributed by atoms with van der Waals surface area (Å²) in [6.07, 6.45) is 0.257. The predicted molar refractivity (Wildman–Crippen MR) is 109 cm³/mol. The van der Waals surface area contributed by atoms with Gasteiger partial charge in [0.15, 0.2) is 11.5 Å². The number of benzene rings is 2. The maximum absolute atomic E-state index is 12.7. The third kappa shape index (κ3) is 3.81. The molecular weight excluding hydrogens is 370 g/mol. The van der Waals surface area contributed by atoms with E-state index >= 15 is 0 Å². The molecule has 3 aromatic rings. The van der Waals surface area contributed by atoms with Gasteiger partial charge in [-0.15, -0.1) is 0 Å². The van der Waals surface area contributed by atoms with Crippen LogP contribution in [-0.2, 0) is 4.79 Å². The van der Waals surface area contributed by atoms with Gasteiger partial charge in [-0.1, -0.05) is 19.9 Å². The first-order valence-electron chi connectivity index (χ1n) is 9.60. The maximum atomic E-state index is 12.7. The number of anilines is 1. The van der Waals surface area contributed by atoms with Crippen molar-refractivity contribution in [2.45, 2.75) is 32.2 Å². The SMILES string of the molecule is COc1cccc(N2C[C@@H](NC(=O)c3ccc4oc(C(C)C)nc4c3)CC2=O)c1. The number of hydrogen-bond acceptors (Lipinski definition) is 5. The highest BCUT2D eigenvalue weighted by atomic mass is 16.5. The van der Waals surface area contributed by atoms with Crippen LogP contribution in [0.2, 0.25) is 0 Å². The molecule has 7 heteroatoms. The van der Waals surface area contributed by atoms with Crippen molar-refractivity contribution in [2.75, 3.05) is 18.6 Å². The van der Waals surface area contributed by atoms with E-state index in [9.17, 15) is 9.59 Å². The van der Waals surface area contributed by atoms with Crippen molar-refractivity contribution in [1.82, 2.24) is 10.3 Å². The lowest BCUT2D eigenvalue weighted by Crippen LogP contribution is -2.37. The van der Waals surface area contributed by atoms with Gasteiger partial charge in [0.2, 0.25) is 5.91 Å². The first-order chi connectivity index (χ1) is 13.9. The van der Waals surface area contributed by atoms with Crippen LogP contribution in [0.3, 0.4) is 0 Å². The molecular formula is C22H23N3O4. The van der Waals surface area contributed by atoms with Crippen LogP contribution in [0.4, 0.5) is 5.69 Å². The summed E-state index contributed by atoms with van der Waals surface area (Å²) in [4.78, 5) is 31.3. The van der Waals surface area contributed by atoms with Crippen molar-refractivity contribution in [1.29, 1.82) is 0 Å². The molecule has 1 fully saturated rings. The minimum atomic E-state index is -0.263. The number of carbonyl (C=O) groups is 2. The fraction of sp³-hybridized carbons (Fsp3) is 0.318. The standard InChI is InChI=1S/C22H23N3O4/c1-13(2)22-24-18-9-14(7-8-19(18)29-22)21(27)23-15-10-20(26)25(12-15)16-5-4-6-17(11-16)28-3/h4-9,11,13,15H,10,12H2,1-3H3,(H,23,27)/t15-/m0/s1. The van der Waals surface area contributed by atoms with Gasteiger partial charge in [0, 0.05) is 36.2 Å². The quantitative estimate of drug-likeness (QED) is 0.717. The minimum Gasteiger partial charge on any atom is -0.497 e. The predicted octanol–water partition coefficient (Wildman–Crippen LogP) is 3.50. The first-order valence-corrected chi connectivity index (χ1v) is 9.60. The van der Waals surface area contributed by atoms with Gasteiger partial charge >= 0.3 is 0 Å². The van der Waals surface area contributed by atoms with Crippen LogP contribution in [-0.4, -0.2) is 36.5 Å². The molecule has 1 N–H and O–H groups in total. The van der Waals surface area contributed by atoms with Crippen LogP contribution in [0.15, 0.2) is 46.9 Å². The van der Waals surface area contributed by atoms with Crippen molar-refractivity contribution >= 4 is 28.6 Å². The Balaban J connectivity index is 1.47. The fourth-order valence-corrected chi connectivity index (χ4v) is 3.43. The van der Waals surface area contributed by atoms with E-state index in [1.54, 1.807) is 30.2 Å².